The van der Waals surface area contributed by atoms with Crippen molar-refractivity contribution < 1.29 is 14.3 Å². The normalized spacial score (nSPS) is 9.08. The summed E-state index contributed by atoms with van der Waals surface area (Å²) in [5.41, 5.74) is -0.0634. The molecule has 0 aromatic carbocycles. The predicted octanol–water partition coefficient (Wildman–Crippen LogP) is 0.443. The van der Waals surface area contributed by atoms with Gasteiger partial charge in [0.2, 0.25) is 0 Å². The number of halogens is 1. The van der Waals surface area contributed by atoms with E-state index < -0.39 is 5.97 Å². The fourth-order valence-corrected chi connectivity index (χ4v) is 0.619. The van der Waals surface area contributed by atoms with Crippen LogP contribution < -0.4 is 0 Å². The first-order valence-electron chi connectivity index (χ1n) is 2.86. The first-order valence-corrected chi connectivity index (χ1v) is 3.24. The molecule has 0 aliphatic rings. The van der Waals surface area contributed by atoms with Crippen LogP contribution in [0.3, 0.4) is 0 Å². The summed E-state index contributed by atoms with van der Waals surface area (Å²) in [5, 5.41) is 0.164. The summed E-state index contributed by atoms with van der Waals surface area (Å²) >= 11 is 5.40. The van der Waals surface area contributed by atoms with E-state index in [-0.39, 0.29) is 17.3 Å². The van der Waals surface area contributed by atoms with Crippen molar-refractivity contribution in [1.82, 2.24) is 9.97 Å². The van der Waals surface area contributed by atoms with Gasteiger partial charge in [0.05, 0.1) is 12.4 Å². The lowest BCUT2D eigenvalue weighted by Crippen LogP contribution is -2.06. The molecule has 0 spiro atoms. The summed E-state index contributed by atoms with van der Waals surface area (Å²) in [6.45, 7) is 0.0264. The van der Waals surface area contributed by atoms with Crippen molar-refractivity contribution in [1.29, 1.82) is 0 Å². The Morgan fingerprint density at radius 1 is 1.50 bits per heavy atom. The van der Waals surface area contributed by atoms with Gasteiger partial charge in [-0.2, -0.15) is 0 Å². The maximum Gasteiger partial charge on any atom is 0.366 e. The van der Waals surface area contributed by atoms with E-state index in [2.05, 4.69) is 14.7 Å². The van der Waals surface area contributed by atoms with Gasteiger partial charge in [-0.3, -0.25) is 4.79 Å². The number of hydrogen-bond acceptors (Lipinski definition) is 5. The molecule has 1 aromatic heterocycles. The zero-order valence-corrected chi connectivity index (χ0v) is 6.49. The molecule has 5 nitrogen and oxygen atoms in total. The van der Waals surface area contributed by atoms with Crippen LogP contribution in [0, 0.1) is 0 Å². The van der Waals surface area contributed by atoms with Crippen molar-refractivity contribution >= 4 is 24.0 Å². The monoisotopic (exact) mass is 186 g/mol. The Hall–Kier alpha value is -1.49. The summed E-state index contributed by atoms with van der Waals surface area (Å²) in [6.07, 6.45) is 2.30. The second kappa shape index (κ2) is 3.77. The van der Waals surface area contributed by atoms with Gasteiger partial charge in [-0.1, -0.05) is 11.6 Å². The van der Waals surface area contributed by atoms with Crippen molar-refractivity contribution in [3.63, 3.8) is 0 Å². The summed E-state index contributed by atoms with van der Waals surface area (Å²) in [4.78, 5) is 27.6. The van der Waals surface area contributed by atoms with E-state index in [4.69, 9.17) is 11.6 Å². The number of esters is 1. The molecule has 0 aliphatic heterocycles. The van der Waals surface area contributed by atoms with Gasteiger partial charge in [0.1, 0.15) is 5.15 Å². The first kappa shape index (κ1) is 8.61. The molecule has 0 unspecified atom stereocenters. The lowest BCUT2D eigenvalue weighted by Gasteiger charge is -1.94. The number of rotatable bonds is 2. The third-order valence-electron chi connectivity index (χ3n) is 0.985. The predicted molar refractivity (Wildman–Crippen MR) is 38.5 cm³/mol. The number of nitrogens with zero attached hydrogens (tertiary/aromatic N) is 2. The fraction of sp³-hybridized carbons (Fsp3) is 0. The molecule has 0 aliphatic carbocycles. The largest absolute Gasteiger partial charge is 0.391 e. The van der Waals surface area contributed by atoms with Crippen LogP contribution in [-0.4, -0.2) is 22.4 Å². The quantitative estimate of drug-likeness (QED) is 0.381. The maximum atomic E-state index is 10.8. The summed E-state index contributed by atoms with van der Waals surface area (Å²) in [5.74, 6) is -0.853. The van der Waals surface area contributed by atoms with Crippen LogP contribution in [-0.2, 0) is 9.53 Å². The lowest BCUT2D eigenvalue weighted by molar-refractivity contribution is -0.123. The highest BCUT2D eigenvalue weighted by molar-refractivity contribution is 6.29. The SMILES string of the molecule is O=COC(=O)c1cnc(Cl)cn1. The summed E-state index contributed by atoms with van der Waals surface area (Å²) in [6, 6.07) is 0. The van der Waals surface area contributed by atoms with Gasteiger partial charge in [0.15, 0.2) is 5.69 Å². The lowest BCUT2D eigenvalue weighted by atomic mass is 10.5. The average Bonchev–Trinajstić information content (AvgIpc) is 2.06. The maximum absolute atomic E-state index is 10.8. The molecule has 1 aromatic rings. The third-order valence-corrected chi connectivity index (χ3v) is 1.18. The molecule has 0 bridgehead atoms. The molecule has 0 N–H and O–H groups in total. The standard InChI is InChI=1S/C6H3ClN2O3/c7-5-2-8-4(1-9-5)6(11)12-3-10/h1-3H. The van der Waals surface area contributed by atoms with Gasteiger partial charge >= 0.3 is 12.4 Å². The molecule has 0 radical (unpaired) electrons. The topological polar surface area (TPSA) is 69.2 Å². The van der Waals surface area contributed by atoms with Crippen LogP contribution in [0.5, 0.6) is 0 Å². The zero-order chi connectivity index (χ0) is 8.97. The highest BCUT2D eigenvalue weighted by Gasteiger charge is 2.07. The van der Waals surface area contributed by atoms with E-state index >= 15 is 0 Å². The highest BCUT2D eigenvalue weighted by Crippen LogP contribution is 2.01. The number of hydrogen-bond donors (Lipinski definition) is 0. The van der Waals surface area contributed by atoms with Crippen LogP contribution in [0.15, 0.2) is 12.4 Å². The second-order valence-corrected chi connectivity index (χ2v) is 2.11. The summed E-state index contributed by atoms with van der Waals surface area (Å²) in [7, 11) is 0. The average molecular weight is 187 g/mol. The molecular weight excluding hydrogens is 184 g/mol. The van der Waals surface area contributed by atoms with Gasteiger partial charge < -0.3 is 4.74 Å². The molecule has 6 heteroatoms. The highest BCUT2D eigenvalue weighted by atomic mass is 35.5. The van der Waals surface area contributed by atoms with Gasteiger partial charge in [-0.05, 0) is 0 Å². The van der Waals surface area contributed by atoms with Crippen LogP contribution in [0.1, 0.15) is 10.5 Å². The molecule has 0 saturated carbocycles. The molecule has 0 atom stereocenters. The number of carbonyl (C=O) groups is 2. The molecule has 1 rings (SSSR count). The van der Waals surface area contributed by atoms with Crippen LogP contribution >= 0.6 is 11.6 Å². The Morgan fingerprint density at radius 2 is 2.25 bits per heavy atom. The number of carbonyl (C=O) groups excluding carboxylic acids is 2. The van der Waals surface area contributed by atoms with Crippen LogP contribution in [0.2, 0.25) is 5.15 Å². The second-order valence-electron chi connectivity index (χ2n) is 1.73. The van der Waals surface area contributed by atoms with Crippen molar-refractivity contribution in [3.8, 4) is 0 Å². The molecule has 62 valence electrons. The third kappa shape index (κ3) is 2.00. The molecule has 0 saturated heterocycles. The Labute approximate surface area is 72.3 Å². The van der Waals surface area contributed by atoms with Crippen LogP contribution in [0.4, 0.5) is 0 Å². The van der Waals surface area contributed by atoms with Crippen molar-refractivity contribution in [2.75, 3.05) is 0 Å². The number of ether oxygens (including phenoxy) is 1. The van der Waals surface area contributed by atoms with E-state index in [0.29, 0.717) is 0 Å². The number of aromatic nitrogens is 2. The van der Waals surface area contributed by atoms with E-state index in [1.165, 1.54) is 6.20 Å². The van der Waals surface area contributed by atoms with Crippen LogP contribution in [0.25, 0.3) is 0 Å². The first-order chi connectivity index (χ1) is 5.74. The van der Waals surface area contributed by atoms with Gasteiger partial charge in [-0.25, -0.2) is 14.8 Å². The zero-order valence-electron chi connectivity index (χ0n) is 5.73. The molecule has 0 amide bonds. The van der Waals surface area contributed by atoms with Gasteiger partial charge in [0, 0.05) is 0 Å². The Balaban J connectivity index is 2.82. The fourth-order valence-electron chi connectivity index (χ4n) is 0.522. The summed E-state index contributed by atoms with van der Waals surface area (Å²) < 4.78 is 4.00. The van der Waals surface area contributed by atoms with Crippen molar-refractivity contribution in [2.45, 2.75) is 0 Å². The van der Waals surface area contributed by atoms with E-state index in [0.717, 1.165) is 6.20 Å². The Bertz CT molecular complexity index is 298. The molecule has 0 fully saturated rings. The van der Waals surface area contributed by atoms with Gasteiger partial charge in [-0.15, -0.1) is 0 Å². The van der Waals surface area contributed by atoms with E-state index in [1.54, 1.807) is 0 Å². The minimum absolute atomic E-state index is 0.0264. The van der Waals surface area contributed by atoms with E-state index in [9.17, 15) is 9.59 Å². The van der Waals surface area contributed by atoms with E-state index in [1.807, 2.05) is 0 Å². The minimum Gasteiger partial charge on any atom is -0.391 e. The van der Waals surface area contributed by atoms with Gasteiger partial charge in [0.25, 0.3) is 0 Å². The smallest absolute Gasteiger partial charge is 0.366 e. The minimum atomic E-state index is -0.853. The Morgan fingerprint density at radius 3 is 2.75 bits per heavy atom. The van der Waals surface area contributed by atoms with Crippen molar-refractivity contribution in [2.24, 2.45) is 0 Å². The van der Waals surface area contributed by atoms with Crippen molar-refractivity contribution in [3.05, 3.63) is 23.2 Å². The Kier molecular flexibility index (Phi) is 2.71. The molecule has 1 heterocycles. The molecule has 12 heavy (non-hydrogen) atoms. The molecular formula is C6H3ClN2O3.